The van der Waals surface area contributed by atoms with Crippen LogP contribution in [0.3, 0.4) is 0 Å². The Kier molecular flexibility index (Phi) is 3.77. The minimum atomic E-state index is 0.0886. The molecule has 0 fully saturated rings. The minimum absolute atomic E-state index is 0.0886. The first-order valence-corrected chi connectivity index (χ1v) is 3.47. The van der Waals surface area contributed by atoms with Crippen molar-refractivity contribution in [2.75, 3.05) is 0 Å². The third-order valence-electron chi connectivity index (χ3n) is 0.936. The fraction of sp³-hybridized carbons (Fsp3) is 0.625. The number of nitrogens with one attached hydrogen (secondary N) is 1. The first-order valence-electron chi connectivity index (χ1n) is 3.47. The van der Waals surface area contributed by atoms with Crippen molar-refractivity contribution in [1.82, 2.24) is 5.32 Å². The molecule has 0 unspecified atom stereocenters. The predicted molar refractivity (Wildman–Crippen MR) is 42.7 cm³/mol. The van der Waals surface area contributed by atoms with Crippen LogP contribution in [0.4, 0.5) is 0 Å². The maximum atomic E-state index is 10.5. The van der Waals surface area contributed by atoms with Gasteiger partial charge in [-0.3, -0.25) is 4.79 Å². The molecule has 0 amide bonds. The van der Waals surface area contributed by atoms with Crippen molar-refractivity contribution in [3.8, 4) is 0 Å². The Bertz CT molecular complexity index is 147. The highest BCUT2D eigenvalue weighted by Gasteiger charge is 1.92. The second-order valence-electron chi connectivity index (χ2n) is 2.74. The van der Waals surface area contributed by atoms with Crippen LogP contribution >= 0.6 is 0 Å². The molecule has 58 valence electrons. The molecule has 0 saturated carbocycles. The molecule has 0 aliphatic rings. The summed E-state index contributed by atoms with van der Waals surface area (Å²) in [5.74, 6) is 0.0886. The summed E-state index contributed by atoms with van der Waals surface area (Å²) in [5, 5.41) is 3.11. The van der Waals surface area contributed by atoms with Gasteiger partial charge in [-0.1, -0.05) is 0 Å². The van der Waals surface area contributed by atoms with Gasteiger partial charge in [0.05, 0.1) is 0 Å². The number of ketones is 1. The first-order chi connectivity index (χ1) is 4.52. The highest BCUT2D eigenvalue weighted by atomic mass is 16.1. The van der Waals surface area contributed by atoms with Gasteiger partial charge in [-0.25, -0.2) is 0 Å². The van der Waals surface area contributed by atoms with Gasteiger partial charge in [0.2, 0.25) is 0 Å². The molecule has 0 aliphatic heterocycles. The summed E-state index contributed by atoms with van der Waals surface area (Å²) in [5.41, 5.74) is 0.933. The van der Waals surface area contributed by atoms with Gasteiger partial charge in [-0.2, -0.15) is 0 Å². The smallest absolute Gasteiger partial charge is 0.154 e. The molecule has 1 N–H and O–H groups in total. The molecule has 0 spiro atoms. The van der Waals surface area contributed by atoms with Crippen LogP contribution in [0.2, 0.25) is 0 Å². The summed E-state index contributed by atoms with van der Waals surface area (Å²) in [7, 11) is 0. The summed E-state index contributed by atoms with van der Waals surface area (Å²) < 4.78 is 0. The van der Waals surface area contributed by atoms with Crippen LogP contribution in [0.15, 0.2) is 11.8 Å². The second kappa shape index (κ2) is 4.09. The monoisotopic (exact) mass is 141 g/mol. The Labute approximate surface area is 62.3 Å². The van der Waals surface area contributed by atoms with Crippen molar-refractivity contribution >= 4 is 5.78 Å². The van der Waals surface area contributed by atoms with Crippen LogP contribution in [-0.4, -0.2) is 11.8 Å². The number of carbonyl (C=O) groups is 1. The van der Waals surface area contributed by atoms with E-state index in [-0.39, 0.29) is 5.78 Å². The van der Waals surface area contributed by atoms with Gasteiger partial charge in [0, 0.05) is 11.7 Å². The van der Waals surface area contributed by atoms with Gasteiger partial charge < -0.3 is 5.32 Å². The van der Waals surface area contributed by atoms with Crippen LogP contribution in [0.25, 0.3) is 0 Å². The number of carbonyl (C=O) groups excluding carboxylic acids is 1. The average Bonchev–Trinajstić information content (AvgIpc) is 1.58. The Morgan fingerprint density at radius 1 is 1.40 bits per heavy atom. The number of hydrogen-bond acceptors (Lipinski definition) is 2. The third kappa shape index (κ3) is 5.35. The summed E-state index contributed by atoms with van der Waals surface area (Å²) in [6.45, 7) is 7.52. The molecular formula is C8H15NO. The number of allylic oxidation sites excluding steroid dienone is 2. The number of rotatable bonds is 3. The van der Waals surface area contributed by atoms with E-state index < -0.39 is 0 Å². The summed E-state index contributed by atoms with van der Waals surface area (Å²) in [6.07, 6.45) is 1.60. The molecule has 2 heteroatoms. The van der Waals surface area contributed by atoms with E-state index in [0.717, 1.165) is 5.70 Å². The molecule has 0 aromatic rings. The Morgan fingerprint density at radius 3 is 2.20 bits per heavy atom. The molecule has 0 heterocycles. The van der Waals surface area contributed by atoms with E-state index in [1.807, 2.05) is 20.8 Å². The second-order valence-corrected chi connectivity index (χ2v) is 2.74. The maximum Gasteiger partial charge on any atom is 0.154 e. The average molecular weight is 141 g/mol. The quantitative estimate of drug-likeness (QED) is 0.603. The molecule has 0 aromatic carbocycles. The van der Waals surface area contributed by atoms with Crippen LogP contribution < -0.4 is 5.32 Å². The summed E-state index contributed by atoms with van der Waals surface area (Å²) in [4.78, 5) is 10.5. The maximum absolute atomic E-state index is 10.5. The normalized spacial score (nSPS) is 11.9. The summed E-state index contributed by atoms with van der Waals surface area (Å²) in [6, 6.07) is 0.399. The van der Waals surface area contributed by atoms with Gasteiger partial charge in [0.1, 0.15) is 0 Å². The Morgan fingerprint density at radius 2 is 1.90 bits per heavy atom. The zero-order valence-corrected chi connectivity index (χ0v) is 7.06. The zero-order chi connectivity index (χ0) is 8.15. The van der Waals surface area contributed by atoms with E-state index in [0.29, 0.717) is 6.04 Å². The van der Waals surface area contributed by atoms with Gasteiger partial charge in [0.25, 0.3) is 0 Å². The molecule has 0 radical (unpaired) electrons. The zero-order valence-electron chi connectivity index (χ0n) is 7.06. The highest BCUT2D eigenvalue weighted by Crippen LogP contribution is 1.89. The van der Waals surface area contributed by atoms with Crippen molar-refractivity contribution in [3.63, 3.8) is 0 Å². The van der Waals surface area contributed by atoms with Gasteiger partial charge >= 0.3 is 0 Å². The fourth-order valence-electron chi connectivity index (χ4n) is 0.802. The molecule has 0 atom stereocenters. The highest BCUT2D eigenvalue weighted by molar-refractivity contribution is 5.87. The largest absolute Gasteiger partial charge is 0.386 e. The molecule has 0 rings (SSSR count). The van der Waals surface area contributed by atoms with E-state index in [9.17, 15) is 4.79 Å². The molecular weight excluding hydrogens is 126 g/mol. The van der Waals surface area contributed by atoms with Crippen molar-refractivity contribution in [2.45, 2.75) is 33.7 Å². The lowest BCUT2D eigenvalue weighted by atomic mass is 10.3. The predicted octanol–water partition coefficient (Wildman–Crippen LogP) is 1.48. The van der Waals surface area contributed by atoms with E-state index >= 15 is 0 Å². The van der Waals surface area contributed by atoms with Crippen LogP contribution in [0, 0.1) is 0 Å². The standard InChI is InChI=1S/C8H15NO/c1-6(2)9-7(3)5-8(4)10/h5-6,9H,1-4H3/b7-5-. The fourth-order valence-corrected chi connectivity index (χ4v) is 0.802. The Balaban J connectivity index is 3.83. The van der Waals surface area contributed by atoms with E-state index in [2.05, 4.69) is 5.32 Å². The lowest BCUT2D eigenvalue weighted by Gasteiger charge is -2.08. The molecule has 0 saturated heterocycles. The Hall–Kier alpha value is -0.790. The van der Waals surface area contributed by atoms with Crippen LogP contribution in [-0.2, 0) is 4.79 Å². The van der Waals surface area contributed by atoms with Crippen molar-refractivity contribution in [3.05, 3.63) is 11.8 Å². The van der Waals surface area contributed by atoms with E-state index in [4.69, 9.17) is 0 Å². The molecule has 2 nitrogen and oxygen atoms in total. The summed E-state index contributed by atoms with van der Waals surface area (Å²) >= 11 is 0. The molecule has 0 aliphatic carbocycles. The lowest BCUT2D eigenvalue weighted by molar-refractivity contribution is -0.112. The third-order valence-corrected chi connectivity index (χ3v) is 0.936. The first kappa shape index (κ1) is 9.21. The van der Waals surface area contributed by atoms with Gasteiger partial charge in [-0.15, -0.1) is 0 Å². The molecule has 10 heavy (non-hydrogen) atoms. The van der Waals surface area contributed by atoms with Crippen molar-refractivity contribution in [1.29, 1.82) is 0 Å². The minimum Gasteiger partial charge on any atom is -0.386 e. The SMILES string of the molecule is CC(=O)/C=C(/C)NC(C)C. The molecule has 0 bridgehead atoms. The van der Waals surface area contributed by atoms with E-state index in [1.165, 1.54) is 0 Å². The van der Waals surface area contributed by atoms with E-state index in [1.54, 1.807) is 13.0 Å². The van der Waals surface area contributed by atoms with Crippen LogP contribution in [0.1, 0.15) is 27.7 Å². The topological polar surface area (TPSA) is 29.1 Å². The lowest BCUT2D eigenvalue weighted by Crippen LogP contribution is -2.20. The van der Waals surface area contributed by atoms with Crippen molar-refractivity contribution in [2.24, 2.45) is 0 Å². The van der Waals surface area contributed by atoms with Crippen molar-refractivity contribution < 1.29 is 4.79 Å². The molecule has 0 aromatic heterocycles. The van der Waals surface area contributed by atoms with Gasteiger partial charge in [0.15, 0.2) is 5.78 Å². The van der Waals surface area contributed by atoms with Gasteiger partial charge in [-0.05, 0) is 33.8 Å². The number of hydrogen-bond donors (Lipinski definition) is 1. The van der Waals surface area contributed by atoms with Crippen LogP contribution in [0.5, 0.6) is 0 Å².